The van der Waals surface area contributed by atoms with Gasteiger partial charge in [-0.05, 0) is 36.7 Å². The predicted molar refractivity (Wildman–Crippen MR) is 89.2 cm³/mol. The van der Waals surface area contributed by atoms with Crippen molar-refractivity contribution in [3.8, 4) is 0 Å². The lowest BCUT2D eigenvalue weighted by atomic mass is 9.60. The molecular formula is C19H23NO4. The van der Waals surface area contributed by atoms with E-state index in [-0.39, 0.29) is 17.5 Å². The van der Waals surface area contributed by atoms with Gasteiger partial charge in [-0.1, -0.05) is 35.9 Å². The Morgan fingerprint density at radius 1 is 1.17 bits per heavy atom. The zero-order chi connectivity index (χ0) is 17.0. The number of esters is 1. The molecule has 0 atom stereocenters. The minimum Gasteiger partial charge on any atom is -0.466 e. The number of likely N-dealkylation sites (tertiary alicyclic amines) is 1. The molecule has 0 unspecified atom stereocenters. The quantitative estimate of drug-likeness (QED) is 0.631. The molecule has 1 aromatic carbocycles. The molecule has 0 N–H and O–H groups in total. The molecule has 1 aromatic rings. The van der Waals surface area contributed by atoms with E-state index in [1.165, 1.54) is 7.11 Å². The fourth-order valence-electron chi connectivity index (χ4n) is 3.57. The summed E-state index contributed by atoms with van der Waals surface area (Å²) in [5.74, 6) is -0.276. The Morgan fingerprint density at radius 2 is 1.83 bits per heavy atom. The molecule has 1 aliphatic carbocycles. The molecule has 5 nitrogen and oxygen atoms in total. The minimum absolute atomic E-state index is 0.238. The van der Waals surface area contributed by atoms with E-state index < -0.39 is 0 Å². The van der Waals surface area contributed by atoms with Crippen molar-refractivity contribution in [1.82, 2.24) is 4.90 Å². The molecule has 3 rings (SSSR count). The van der Waals surface area contributed by atoms with Crippen LogP contribution in [0.2, 0.25) is 0 Å². The van der Waals surface area contributed by atoms with Crippen molar-refractivity contribution in [2.24, 2.45) is 5.41 Å². The summed E-state index contributed by atoms with van der Waals surface area (Å²) in [5.41, 5.74) is 2.41. The van der Waals surface area contributed by atoms with Gasteiger partial charge in [0.1, 0.15) is 6.61 Å². The van der Waals surface area contributed by atoms with Gasteiger partial charge in [-0.3, -0.25) is 0 Å². The minimum atomic E-state index is -0.276. The summed E-state index contributed by atoms with van der Waals surface area (Å²) in [6.45, 7) is 1.76. The van der Waals surface area contributed by atoms with Gasteiger partial charge in [-0.15, -0.1) is 0 Å². The Balaban J connectivity index is 1.43. The van der Waals surface area contributed by atoms with Crippen molar-refractivity contribution in [3.63, 3.8) is 0 Å². The van der Waals surface area contributed by atoms with E-state index in [1.807, 2.05) is 30.3 Å². The van der Waals surface area contributed by atoms with Crippen LogP contribution in [0, 0.1) is 5.41 Å². The Hall–Kier alpha value is -2.30. The Morgan fingerprint density at radius 3 is 2.46 bits per heavy atom. The first kappa shape index (κ1) is 16.6. The van der Waals surface area contributed by atoms with Gasteiger partial charge in [0.25, 0.3) is 0 Å². The van der Waals surface area contributed by atoms with E-state index in [9.17, 15) is 9.59 Å². The standard InChI is InChI=1S/C19H23NO4/c1-23-17(21)11-16-12-19(13-16)7-9-20(10-8-19)18(22)24-14-15-5-3-2-4-6-15/h2-6,11H,7-10,12-14H2,1H3. The number of carbonyl (C=O) groups excluding carboxylic acids is 2. The fraction of sp³-hybridized carbons (Fsp3) is 0.474. The number of hydrogen-bond acceptors (Lipinski definition) is 4. The van der Waals surface area contributed by atoms with E-state index in [0.717, 1.165) is 49.9 Å². The fourth-order valence-corrected chi connectivity index (χ4v) is 3.57. The summed E-state index contributed by atoms with van der Waals surface area (Å²) < 4.78 is 10.0. The molecule has 1 aliphatic heterocycles. The second-order valence-electron chi connectivity index (χ2n) is 6.71. The van der Waals surface area contributed by atoms with Gasteiger partial charge in [0.05, 0.1) is 7.11 Å². The zero-order valence-corrected chi connectivity index (χ0v) is 14.0. The number of carbonyl (C=O) groups is 2. The van der Waals surface area contributed by atoms with Crippen LogP contribution in [0.3, 0.4) is 0 Å². The van der Waals surface area contributed by atoms with Crippen molar-refractivity contribution in [3.05, 3.63) is 47.5 Å². The molecule has 2 aliphatic rings. The molecule has 2 fully saturated rings. The monoisotopic (exact) mass is 329 g/mol. The van der Waals surface area contributed by atoms with Gasteiger partial charge in [-0.2, -0.15) is 0 Å². The van der Waals surface area contributed by atoms with Crippen LogP contribution in [0.15, 0.2) is 42.0 Å². The molecule has 0 bridgehead atoms. The molecule has 1 amide bonds. The molecular weight excluding hydrogens is 306 g/mol. The third-order valence-electron chi connectivity index (χ3n) is 5.01. The first-order chi connectivity index (χ1) is 11.6. The number of benzene rings is 1. The summed E-state index contributed by atoms with van der Waals surface area (Å²) in [6.07, 6.45) is 5.17. The Bertz CT molecular complexity index is 620. The summed E-state index contributed by atoms with van der Waals surface area (Å²) in [4.78, 5) is 25.2. The number of rotatable bonds is 3. The van der Waals surface area contributed by atoms with Gasteiger partial charge >= 0.3 is 12.1 Å². The van der Waals surface area contributed by atoms with Crippen LogP contribution in [-0.2, 0) is 20.9 Å². The summed E-state index contributed by atoms with van der Waals surface area (Å²) >= 11 is 0. The summed E-state index contributed by atoms with van der Waals surface area (Å²) in [5, 5.41) is 0. The SMILES string of the molecule is COC(=O)C=C1CC2(CCN(C(=O)OCc3ccccc3)CC2)C1. The Labute approximate surface area is 142 Å². The van der Waals surface area contributed by atoms with Crippen LogP contribution in [0.25, 0.3) is 0 Å². The lowest BCUT2D eigenvalue weighted by molar-refractivity contribution is -0.135. The zero-order valence-electron chi connectivity index (χ0n) is 14.0. The molecule has 5 heteroatoms. The Kier molecular flexibility index (Phi) is 4.88. The highest BCUT2D eigenvalue weighted by molar-refractivity contribution is 5.83. The number of methoxy groups -OCH3 is 1. The average molecular weight is 329 g/mol. The number of allylic oxidation sites excluding steroid dienone is 1. The number of amides is 1. The van der Waals surface area contributed by atoms with E-state index in [4.69, 9.17) is 4.74 Å². The maximum absolute atomic E-state index is 12.2. The summed E-state index contributed by atoms with van der Waals surface area (Å²) in [6, 6.07) is 9.70. The van der Waals surface area contributed by atoms with Crippen molar-refractivity contribution in [2.45, 2.75) is 32.3 Å². The smallest absolute Gasteiger partial charge is 0.410 e. The van der Waals surface area contributed by atoms with Gasteiger partial charge < -0.3 is 14.4 Å². The van der Waals surface area contributed by atoms with Crippen LogP contribution in [0.5, 0.6) is 0 Å². The van der Waals surface area contributed by atoms with Crippen molar-refractivity contribution < 1.29 is 19.1 Å². The lowest BCUT2D eigenvalue weighted by Crippen LogP contribution is -2.46. The maximum Gasteiger partial charge on any atom is 0.410 e. The number of ether oxygens (including phenoxy) is 2. The molecule has 24 heavy (non-hydrogen) atoms. The average Bonchev–Trinajstić information content (AvgIpc) is 2.59. The summed E-state index contributed by atoms with van der Waals surface area (Å²) in [7, 11) is 1.40. The largest absolute Gasteiger partial charge is 0.466 e. The number of piperidine rings is 1. The maximum atomic E-state index is 12.2. The molecule has 1 heterocycles. The van der Waals surface area contributed by atoms with Gasteiger partial charge in [0, 0.05) is 19.2 Å². The normalized spacial score (nSPS) is 18.7. The molecule has 1 saturated carbocycles. The van der Waals surface area contributed by atoms with E-state index in [0.29, 0.717) is 6.61 Å². The topological polar surface area (TPSA) is 55.8 Å². The molecule has 128 valence electrons. The molecule has 0 radical (unpaired) electrons. The lowest BCUT2D eigenvalue weighted by Gasteiger charge is -2.49. The highest BCUT2D eigenvalue weighted by Gasteiger charge is 2.43. The second-order valence-corrected chi connectivity index (χ2v) is 6.71. The van der Waals surface area contributed by atoms with Crippen LogP contribution in [-0.4, -0.2) is 37.2 Å². The molecule has 1 saturated heterocycles. The van der Waals surface area contributed by atoms with Crippen molar-refractivity contribution in [2.75, 3.05) is 20.2 Å². The first-order valence-electron chi connectivity index (χ1n) is 8.33. The molecule has 0 aromatic heterocycles. The number of hydrogen-bond donors (Lipinski definition) is 0. The third kappa shape index (κ3) is 3.78. The van der Waals surface area contributed by atoms with Crippen molar-refractivity contribution >= 4 is 12.1 Å². The first-order valence-corrected chi connectivity index (χ1v) is 8.33. The van der Waals surface area contributed by atoms with Gasteiger partial charge in [-0.25, -0.2) is 9.59 Å². The van der Waals surface area contributed by atoms with Crippen LogP contribution < -0.4 is 0 Å². The highest BCUT2D eigenvalue weighted by atomic mass is 16.6. The van der Waals surface area contributed by atoms with Crippen LogP contribution in [0.1, 0.15) is 31.2 Å². The van der Waals surface area contributed by atoms with E-state index in [2.05, 4.69) is 4.74 Å². The third-order valence-corrected chi connectivity index (χ3v) is 5.01. The molecule has 1 spiro atoms. The predicted octanol–water partition coefficient (Wildman–Crippen LogP) is 3.30. The van der Waals surface area contributed by atoms with Gasteiger partial charge in [0.15, 0.2) is 0 Å². The number of nitrogens with zero attached hydrogens (tertiary/aromatic N) is 1. The van der Waals surface area contributed by atoms with Crippen molar-refractivity contribution in [1.29, 1.82) is 0 Å². The van der Waals surface area contributed by atoms with Gasteiger partial charge in [0.2, 0.25) is 0 Å². The highest BCUT2D eigenvalue weighted by Crippen LogP contribution is 2.52. The van der Waals surface area contributed by atoms with E-state index >= 15 is 0 Å². The van der Waals surface area contributed by atoms with Crippen LogP contribution >= 0.6 is 0 Å². The second kappa shape index (κ2) is 7.07. The van der Waals surface area contributed by atoms with E-state index in [1.54, 1.807) is 11.0 Å². The van der Waals surface area contributed by atoms with Crippen LogP contribution in [0.4, 0.5) is 4.79 Å².